The molecule has 0 unspecified atom stereocenters. The topological polar surface area (TPSA) is 57.5 Å². The molecule has 0 saturated heterocycles. The number of hydrogen-bond acceptors (Lipinski definition) is 1. The predicted molar refractivity (Wildman–Crippen MR) is 21.9 cm³/mol. The van der Waals surface area contributed by atoms with Crippen molar-refractivity contribution in [2.75, 3.05) is 0 Å². The Morgan fingerprint density at radius 1 is 1.40 bits per heavy atom. The van der Waals surface area contributed by atoms with Crippen LogP contribution in [-0.2, 0) is 11.4 Å². The maximum absolute atomic E-state index is 8.67. The van der Waals surface area contributed by atoms with Gasteiger partial charge in [0.05, 0.1) is 0 Å². The normalized spacial score (nSPS) is 7.00. The van der Waals surface area contributed by atoms with Crippen LogP contribution in [0.1, 0.15) is 0 Å². The first-order chi connectivity index (χ1) is 1.73. The van der Waals surface area contributed by atoms with Gasteiger partial charge in [-0.25, -0.2) is 0 Å². The second-order valence-corrected chi connectivity index (χ2v) is 0.692. The second kappa shape index (κ2) is 4.99. The molecule has 0 atom stereocenters. The first-order valence-electron chi connectivity index (χ1n) is 0.532. The van der Waals surface area contributed by atoms with Crippen molar-refractivity contribution in [1.29, 1.82) is 0 Å². The molecule has 0 aliphatic rings. The number of rotatable bonds is 0. The minimum atomic E-state index is -2.61. The van der Waals surface area contributed by atoms with Gasteiger partial charge in [0.2, 0.25) is 0 Å². The molecule has 0 aromatic rings. The Kier molecular flexibility index (Phi) is 9.36. The van der Waals surface area contributed by atoms with Crippen molar-refractivity contribution >= 4 is 38.7 Å². The van der Waals surface area contributed by atoms with E-state index in [0.29, 0.717) is 0 Å². The van der Waals surface area contributed by atoms with E-state index < -0.39 is 11.4 Å². The first-order valence-corrected chi connectivity index (χ1v) is 1.60. The second-order valence-electron chi connectivity index (χ2n) is 0.231. The molecule has 0 aliphatic carbocycles. The van der Waals surface area contributed by atoms with Crippen molar-refractivity contribution in [3.8, 4) is 0 Å². The Balaban J connectivity index is 0. The summed E-state index contributed by atoms with van der Waals surface area (Å²) in [7, 11) is 0. The van der Waals surface area contributed by atoms with Crippen molar-refractivity contribution in [2.45, 2.75) is 0 Å². The summed E-state index contributed by atoms with van der Waals surface area (Å²) in [6.45, 7) is 0. The van der Waals surface area contributed by atoms with Gasteiger partial charge in [0.15, 0.2) is 0 Å². The van der Waals surface area contributed by atoms with Crippen molar-refractivity contribution < 1.29 is 13.3 Å². The zero-order valence-electron chi connectivity index (χ0n) is 2.42. The van der Waals surface area contributed by atoms with Gasteiger partial charge in [0, 0.05) is 0 Å². The maximum atomic E-state index is 8.67. The molecular formula is H4O3PbS. The predicted octanol–water partition coefficient (Wildman–Crippen LogP) is -1.24. The summed E-state index contributed by atoms with van der Waals surface area (Å²) >= 11 is -2.61. The van der Waals surface area contributed by atoms with E-state index in [-0.39, 0.29) is 27.3 Å². The van der Waals surface area contributed by atoms with Crippen molar-refractivity contribution in [1.82, 2.24) is 0 Å². The summed E-state index contributed by atoms with van der Waals surface area (Å²) < 4.78 is 22.8. The van der Waals surface area contributed by atoms with Crippen LogP contribution in [0.2, 0.25) is 0 Å². The van der Waals surface area contributed by atoms with Crippen LogP contribution in [0, 0.1) is 0 Å². The average molecular weight is 291 g/mol. The van der Waals surface area contributed by atoms with Crippen LogP contribution >= 0.6 is 0 Å². The molecule has 0 rings (SSSR count). The molecule has 0 aromatic carbocycles. The summed E-state index contributed by atoms with van der Waals surface area (Å²) in [5, 5.41) is 0. The Morgan fingerprint density at radius 2 is 1.40 bits per heavy atom. The number of hydrogen-bond donors (Lipinski definition) is 2. The van der Waals surface area contributed by atoms with E-state index >= 15 is 0 Å². The molecule has 0 spiro atoms. The quantitative estimate of drug-likeness (QED) is 0.434. The van der Waals surface area contributed by atoms with Gasteiger partial charge in [0.1, 0.15) is 0 Å². The van der Waals surface area contributed by atoms with Gasteiger partial charge in [-0.1, -0.05) is 0 Å². The summed E-state index contributed by atoms with van der Waals surface area (Å²) in [6.07, 6.45) is 0. The van der Waals surface area contributed by atoms with Crippen molar-refractivity contribution in [3.05, 3.63) is 0 Å². The molecule has 0 saturated carbocycles. The Morgan fingerprint density at radius 3 is 1.40 bits per heavy atom. The molecule has 2 radical (unpaired) electrons. The fourth-order valence-electron chi connectivity index (χ4n) is 0. The van der Waals surface area contributed by atoms with E-state index in [1.54, 1.807) is 0 Å². The zero-order chi connectivity index (χ0) is 3.58. The third-order valence-corrected chi connectivity index (χ3v) is 0. The van der Waals surface area contributed by atoms with E-state index in [4.69, 9.17) is 13.3 Å². The molecule has 2 N–H and O–H groups in total. The van der Waals surface area contributed by atoms with E-state index in [2.05, 4.69) is 0 Å². The molecule has 0 aliphatic heterocycles. The molecule has 3 nitrogen and oxygen atoms in total. The molecule has 0 heterocycles. The van der Waals surface area contributed by atoms with E-state index in [1.807, 2.05) is 0 Å². The van der Waals surface area contributed by atoms with Crippen LogP contribution in [-0.4, -0.2) is 40.6 Å². The fourth-order valence-corrected chi connectivity index (χ4v) is 0. The SMILES string of the molecule is O=S(O)O.[PbH2]. The molecule has 5 heteroatoms. The first kappa shape index (κ1) is 9.37. The average Bonchev–Trinajstić information content (AvgIpc) is 0.811. The van der Waals surface area contributed by atoms with Crippen molar-refractivity contribution in [2.24, 2.45) is 0 Å². The van der Waals surface area contributed by atoms with E-state index in [1.165, 1.54) is 0 Å². The van der Waals surface area contributed by atoms with Crippen LogP contribution < -0.4 is 0 Å². The summed E-state index contributed by atoms with van der Waals surface area (Å²) in [5.41, 5.74) is 0. The molecule has 0 fully saturated rings. The molecule has 0 aromatic heterocycles. The summed E-state index contributed by atoms with van der Waals surface area (Å²) in [5.74, 6) is 0. The van der Waals surface area contributed by atoms with Gasteiger partial charge in [-0.15, -0.1) is 0 Å². The van der Waals surface area contributed by atoms with Gasteiger partial charge >= 0.3 is 27.3 Å². The van der Waals surface area contributed by atoms with Gasteiger partial charge in [0.25, 0.3) is 11.4 Å². The van der Waals surface area contributed by atoms with Crippen LogP contribution in [0.25, 0.3) is 0 Å². The van der Waals surface area contributed by atoms with Crippen LogP contribution in [0.4, 0.5) is 0 Å². The van der Waals surface area contributed by atoms with Crippen LogP contribution in [0.5, 0.6) is 0 Å². The Hall–Kier alpha value is 0.992. The Bertz CT molecular complexity index is 29.9. The molecular weight excluding hydrogens is 287 g/mol. The molecule has 0 bridgehead atoms. The molecule has 5 heavy (non-hydrogen) atoms. The van der Waals surface area contributed by atoms with Gasteiger partial charge in [-0.3, -0.25) is 9.11 Å². The third-order valence-electron chi connectivity index (χ3n) is 0. The molecule has 32 valence electrons. The van der Waals surface area contributed by atoms with Crippen LogP contribution in [0.15, 0.2) is 0 Å². The zero-order valence-corrected chi connectivity index (χ0v) is 8.73. The van der Waals surface area contributed by atoms with E-state index in [0.717, 1.165) is 0 Å². The third kappa shape index (κ3) is 45.4. The minimum absolute atomic E-state index is 0. The standard InChI is InChI=1S/H2O3S.Pb.2H/c1-4(2)3;;;/h(H2,1,2,3);;;. The van der Waals surface area contributed by atoms with Crippen molar-refractivity contribution in [3.63, 3.8) is 0 Å². The van der Waals surface area contributed by atoms with Crippen LogP contribution in [0.3, 0.4) is 0 Å². The summed E-state index contributed by atoms with van der Waals surface area (Å²) in [4.78, 5) is 0. The monoisotopic (exact) mass is 292 g/mol. The van der Waals surface area contributed by atoms with Gasteiger partial charge in [-0.05, 0) is 0 Å². The van der Waals surface area contributed by atoms with Gasteiger partial charge in [-0.2, -0.15) is 4.21 Å². The van der Waals surface area contributed by atoms with Gasteiger partial charge < -0.3 is 0 Å². The Labute approximate surface area is 52.0 Å². The fraction of sp³-hybridized carbons (Fsp3) is 0. The van der Waals surface area contributed by atoms with E-state index in [9.17, 15) is 0 Å². The summed E-state index contributed by atoms with van der Waals surface area (Å²) in [6, 6.07) is 0. The molecule has 0 amide bonds.